The fourth-order valence-electron chi connectivity index (χ4n) is 4.11. The van der Waals surface area contributed by atoms with E-state index < -0.39 is 0 Å². The van der Waals surface area contributed by atoms with Crippen molar-refractivity contribution in [2.45, 2.75) is 6.54 Å². The molecule has 0 aliphatic carbocycles. The van der Waals surface area contributed by atoms with Crippen molar-refractivity contribution < 1.29 is 9.90 Å². The second-order valence-electron chi connectivity index (χ2n) is 7.82. The number of rotatable bonds is 5. The molecule has 4 rings (SSSR count). The minimum absolute atomic E-state index is 0.0228. The second kappa shape index (κ2) is 7.92. The van der Waals surface area contributed by atoms with E-state index in [-0.39, 0.29) is 25.0 Å². The normalized spacial score (nSPS) is 24.7. The number of carbonyl (C=O) groups excluding carboxylic acids is 1. The Hall–Kier alpha value is -2.03. The Balaban J connectivity index is 1.36. The molecule has 27 heavy (non-hydrogen) atoms. The number of aliphatic hydroxyl groups excluding tert-OH is 1. The van der Waals surface area contributed by atoms with Gasteiger partial charge < -0.3 is 19.8 Å². The molecule has 2 unspecified atom stereocenters. The number of aliphatic hydroxyl groups is 1. The van der Waals surface area contributed by atoms with Gasteiger partial charge in [0.2, 0.25) is 5.91 Å². The van der Waals surface area contributed by atoms with Crippen molar-refractivity contribution in [1.29, 1.82) is 0 Å². The number of hydrogen-bond acceptors (Lipinski definition) is 6. The van der Waals surface area contributed by atoms with Crippen molar-refractivity contribution in [3.8, 4) is 0 Å². The molecule has 2 aliphatic heterocycles. The van der Waals surface area contributed by atoms with Gasteiger partial charge in [-0.05, 0) is 25.1 Å². The van der Waals surface area contributed by atoms with Crippen molar-refractivity contribution in [2.75, 3.05) is 59.5 Å². The number of likely N-dealkylation sites (tertiary alicyclic amines) is 1. The monoisotopic (exact) mass is 372 g/mol. The molecule has 146 valence electrons. The largest absolute Gasteiger partial charge is 0.396 e. The zero-order chi connectivity index (χ0) is 18.8. The van der Waals surface area contributed by atoms with Gasteiger partial charge in [0.25, 0.3) is 0 Å². The van der Waals surface area contributed by atoms with Crippen molar-refractivity contribution in [3.05, 3.63) is 24.3 Å². The molecule has 0 spiro atoms. The highest BCUT2D eigenvalue weighted by Gasteiger charge is 2.36. The number of aromatic nitrogens is 3. The van der Waals surface area contributed by atoms with Crippen LogP contribution in [0.3, 0.4) is 0 Å². The third kappa shape index (κ3) is 4.12. The molecule has 2 fully saturated rings. The molecule has 1 N–H and O–H groups in total. The standard InChI is InChI=1S/C19H28N6O2/c1-22-6-8-23(9-7-22)10-15-11-24(12-16(15)14-26)19(27)13-25-20-17-4-2-3-5-18(17)21-25/h2-5,15-16,26H,6-14H2,1H3. The maximum atomic E-state index is 12.8. The second-order valence-corrected chi connectivity index (χ2v) is 7.82. The van der Waals surface area contributed by atoms with Crippen LogP contribution in [0.25, 0.3) is 11.0 Å². The number of fused-ring (bicyclic) bond motifs is 1. The van der Waals surface area contributed by atoms with Crippen LogP contribution in [-0.4, -0.2) is 100 Å². The number of likely N-dealkylation sites (N-methyl/N-ethyl adjacent to an activating group) is 1. The quantitative estimate of drug-likeness (QED) is 0.780. The highest BCUT2D eigenvalue weighted by Crippen LogP contribution is 2.25. The Morgan fingerprint density at radius 1 is 1.07 bits per heavy atom. The fraction of sp³-hybridized carbons (Fsp3) is 0.632. The van der Waals surface area contributed by atoms with E-state index in [0.29, 0.717) is 19.0 Å². The molecule has 0 bridgehead atoms. The van der Waals surface area contributed by atoms with Gasteiger partial charge in [0, 0.05) is 58.3 Å². The molecule has 2 saturated heterocycles. The van der Waals surface area contributed by atoms with Crippen LogP contribution in [0.1, 0.15) is 0 Å². The van der Waals surface area contributed by atoms with Gasteiger partial charge in [0.15, 0.2) is 0 Å². The van der Waals surface area contributed by atoms with Gasteiger partial charge in [-0.25, -0.2) is 0 Å². The first kappa shape index (κ1) is 18.3. The van der Waals surface area contributed by atoms with Crippen LogP contribution in [0.15, 0.2) is 24.3 Å². The zero-order valence-electron chi connectivity index (χ0n) is 15.9. The first-order valence-corrected chi connectivity index (χ1v) is 9.72. The van der Waals surface area contributed by atoms with E-state index in [4.69, 9.17) is 0 Å². The molecular formula is C19H28N6O2. The molecule has 0 saturated carbocycles. The van der Waals surface area contributed by atoms with Crippen LogP contribution in [0.5, 0.6) is 0 Å². The van der Waals surface area contributed by atoms with E-state index in [1.807, 2.05) is 29.2 Å². The summed E-state index contributed by atoms with van der Waals surface area (Å²) in [6.07, 6.45) is 0. The molecule has 8 heteroatoms. The maximum absolute atomic E-state index is 12.8. The van der Waals surface area contributed by atoms with Gasteiger partial charge in [-0.15, -0.1) is 0 Å². The number of carbonyl (C=O) groups is 1. The Kier molecular flexibility index (Phi) is 5.38. The van der Waals surface area contributed by atoms with E-state index in [9.17, 15) is 9.90 Å². The molecule has 2 aromatic rings. The van der Waals surface area contributed by atoms with Crippen LogP contribution in [0.2, 0.25) is 0 Å². The minimum atomic E-state index is 0.0228. The van der Waals surface area contributed by atoms with Gasteiger partial charge in [0.1, 0.15) is 17.6 Å². The molecule has 8 nitrogen and oxygen atoms in total. The van der Waals surface area contributed by atoms with Gasteiger partial charge in [-0.1, -0.05) is 12.1 Å². The summed E-state index contributed by atoms with van der Waals surface area (Å²) in [6, 6.07) is 7.62. The third-order valence-electron chi connectivity index (χ3n) is 5.86. The van der Waals surface area contributed by atoms with Crippen molar-refractivity contribution in [3.63, 3.8) is 0 Å². The zero-order valence-corrected chi connectivity index (χ0v) is 15.9. The van der Waals surface area contributed by atoms with Crippen molar-refractivity contribution in [2.24, 2.45) is 11.8 Å². The topological polar surface area (TPSA) is 77.7 Å². The predicted octanol–water partition coefficient (Wildman–Crippen LogP) is -0.254. The smallest absolute Gasteiger partial charge is 0.246 e. The number of piperazine rings is 1. The molecule has 0 radical (unpaired) electrons. The van der Waals surface area contributed by atoms with Crippen LogP contribution in [0, 0.1) is 11.8 Å². The van der Waals surface area contributed by atoms with E-state index in [0.717, 1.165) is 43.8 Å². The maximum Gasteiger partial charge on any atom is 0.246 e. The highest BCUT2D eigenvalue weighted by molar-refractivity contribution is 5.77. The van der Waals surface area contributed by atoms with Crippen LogP contribution in [0.4, 0.5) is 0 Å². The minimum Gasteiger partial charge on any atom is -0.396 e. The summed E-state index contributed by atoms with van der Waals surface area (Å²) in [7, 11) is 2.15. The average Bonchev–Trinajstić information content (AvgIpc) is 3.26. The molecule has 2 atom stereocenters. The van der Waals surface area contributed by atoms with Crippen molar-refractivity contribution in [1.82, 2.24) is 29.7 Å². The molecule has 1 aromatic heterocycles. The third-order valence-corrected chi connectivity index (χ3v) is 5.86. The predicted molar refractivity (Wildman–Crippen MR) is 102 cm³/mol. The van der Waals surface area contributed by atoms with E-state index in [1.165, 1.54) is 4.80 Å². The summed E-state index contributed by atoms with van der Waals surface area (Å²) in [5, 5.41) is 18.6. The highest BCUT2D eigenvalue weighted by atomic mass is 16.3. The first-order chi connectivity index (χ1) is 13.1. The summed E-state index contributed by atoms with van der Waals surface area (Å²) < 4.78 is 0. The lowest BCUT2D eigenvalue weighted by molar-refractivity contribution is -0.131. The summed E-state index contributed by atoms with van der Waals surface area (Å²) in [4.78, 5) is 20.9. The van der Waals surface area contributed by atoms with Crippen molar-refractivity contribution >= 4 is 16.9 Å². The van der Waals surface area contributed by atoms with E-state index >= 15 is 0 Å². The lowest BCUT2D eigenvalue weighted by Crippen LogP contribution is -2.47. The van der Waals surface area contributed by atoms with Gasteiger partial charge in [-0.2, -0.15) is 15.0 Å². The van der Waals surface area contributed by atoms with Crippen LogP contribution < -0.4 is 0 Å². The Morgan fingerprint density at radius 2 is 1.70 bits per heavy atom. The Labute approximate surface area is 159 Å². The van der Waals surface area contributed by atoms with Crippen LogP contribution in [-0.2, 0) is 11.3 Å². The number of hydrogen-bond donors (Lipinski definition) is 1. The SMILES string of the molecule is CN1CCN(CC2CN(C(=O)Cn3nc4ccccc4n3)CC2CO)CC1. The number of amides is 1. The summed E-state index contributed by atoms with van der Waals surface area (Å²) in [6.45, 7) is 6.83. The molecule has 2 aliphatic rings. The molecule has 1 aromatic carbocycles. The van der Waals surface area contributed by atoms with Gasteiger partial charge in [0.05, 0.1) is 0 Å². The van der Waals surface area contributed by atoms with Gasteiger partial charge in [-0.3, -0.25) is 4.79 Å². The van der Waals surface area contributed by atoms with E-state index in [2.05, 4.69) is 27.0 Å². The lowest BCUT2D eigenvalue weighted by atomic mass is 9.96. The fourth-order valence-corrected chi connectivity index (χ4v) is 4.11. The summed E-state index contributed by atoms with van der Waals surface area (Å²) in [5.74, 6) is 0.500. The summed E-state index contributed by atoms with van der Waals surface area (Å²) in [5.41, 5.74) is 1.60. The van der Waals surface area contributed by atoms with Crippen LogP contribution >= 0.6 is 0 Å². The first-order valence-electron chi connectivity index (χ1n) is 9.72. The number of benzene rings is 1. The van der Waals surface area contributed by atoms with Gasteiger partial charge >= 0.3 is 0 Å². The number of nitrogens with zero attached hydrogens (tertiary/aromatic N) is 6. The molecule has 1 amide bonds. The Morgan fingerprint density at radius 3 is 2.33 bits per heavy atom. The Bertz CT molecular complexity index is 752. The summed E-state index contributed by atoms with van der Waals surface area (Å²) >= 11 is 0. The lowest BCUT2D eigenvalue weighted by Gasteiger charge is -2.34. The van der Waals surface area contributed by atoms with E-state index in [1.54, 1.807) is 0 Å². The molecular weight excluding hydrogens is 344 g/mol. The molecule has 3 heterocycles. The average molecular weight is 372 g/mol.